The van der Waals surface area contributed by atoms with E-state index in [0.29, 0.717) is 23.4 Å². The lowest BCUT2D eigenvalue weighted by atomic mass is 10.1. The van der Waals surface area contributed by atoms with Crippen molar-refractivity contribution in [2.75, 3.05) is 10.8 Å². The van der Waals surface area contributed by atoms with E-state index in [9.17, 15) is 13.2 Å². The highest BCUT2D eigenvalue weighted by molar-refractivity contribution is 7.92. The zero-order chi connectivity index (χ0) is 18.0. The van der Waals surface area contributed by atoms with Crippen molar-refractivity contribution < 1.29 is 18.3 Å². The molecule has 0 fully saturated rings. The van der Waals surface area contributed by atoms with Crippen LogP contribution >= 0.6 is 0 Å². The van der Waals surface area contributed by atoms with Gasteiger partial charge in [0, 0.05) is 18.8 Å². The van der Waals surface area contributed by atoms with Crippen LogP contribution < -0.4 is 4.31 Å². The van der Waals surface area contributed by atoms with Crippen molar-refractivity contribution in [3.63, 3.8) is 0 Å². The highest BCUT2D eigenvalue weighted by Gasteiger charge is 2.32. The zero-order valence-corrected chi connectivity index (χ0v) is 13.8. The predicted molar refractivity (Wildman–Crippen MR) is 90.3 cm³/mol. The monoisotopic (exact) mass is 355 g/mol. The van der Waals surface area contributed by atoms with Crippen LogP contribution in [-0.4, -0.2) is 31.0 Å². The molecule has 7 nitrogen and oxygen atoms in total. The highest BCUT2D eigenvalue weighted by atomic mass is 32.2. The largest absolute Gasteiger partial charge is 0.478 e. The summed E-state index contributed by atoms with van der Waals surface area (Å²) in [6.07, 6.45) is 4.34. The van der Waals surface area contributed by atoms with Crippen LogP contribution in [0.5, 0.6) is 0 Å². The number of rotatable bonds is 4. The molecule has 0 saturated heterocycles. The van der Waals surface area contributed by atoms with Gasteiger partial charge in [0.15, 0.2) is 0 Å². The number of carbonyl (C=O) groups is 1. The molecule has 1 aliphatic heterocycles. The normalized spacial score (nSPS) is 13.6. The van der Waals surface area contributed by atoms with E-state index in [2.05, 4.69) is 4.98 Å². The van der Waals surface area contributed by atoms with Crippen LogP contribution in [0.3, 0.4) is 0 Å². The fraction of sp³-hybridized carbons (Fsp3) is 0.118. The Labute approximate surface area is 144 Å². The van der Waals surface area contributed by atoms with Crippen molar-refractivity contribution in [3.05, 3.63) is 59.3 Å². The maximum Gasteiger partial charge on any atom is 0.328 e. The second-order valence-electron chi connectivity index (χ2n) is 5.39. The van der Waals surface area contributed by atoms with Gasteiger partial charge >= 0.3 is 5.97 Å². The molecule has 0 saturated carbocycles. The number of nitrogens with zero attached hydrogens (tertiary/aromatic N) is 3. The molecule has 126 valence electrons. The lowest BCUT2D eigenvalue weighted by molar-refractivity contribution is -0.131. The summed E-state index contributed by atoms with van der Waals surface area (Å²) in [5.41, 5.74) is 1.72. The molecule has 0 radical (unpaired) electrons. The van der Waals surface area contributed by atoms with Crippen LogP contribution in [0, 0.1) is 11.3 Å². The number of fused-ring (bicyclic) bond motifs is 1. The van der Waals surface area contributed by atoms with Crippen LogP contribution in [0.25, 0.3) is 6.08 Å². The quantitative estimate of drug-likeness (QED) is 0.837. The number of benzene rings is 1. The molecule has 25 heavy (non-hydrogen) atoms. The molecule has 1 N–H and O–H groups in total. The third-order valence-corrected chi connectivity index (χ3v) is 5.58. The van der Waals surface area contributed by atoms with Crippen molar-refractivity contribution in [3.8, 4) is 6.07 Å². The molecule has 0 unspecified atom stereocenters. The van der Waals surface area contributed by atoms with Crippen LogP contribution in [0.2, 0.25) is 0 Å². The summed E-state index contributed by atoms with van der Waals surface area (Å²) in [6, 6.07) is 9.39. The number of carboxylic acid groups (broad SMARTS) is 1. The Balaban J connectivity index is 1.93. The Morgan fingerprint density at radius 3 is 2.68 bits per heavy atom. The van der Waals surface area contributed by atoms with E-state index in [1.54, 1.807) is 6.07 Å². The lowest BCUT2D eigenvalue weighted by Gasteiger charge is -2.18. The number of aromatic nitrogens is 1. The summed E-state index contributed by atoms with van der Waals surface area (Å²) < 4.78 is 26.8. The molecular weight excluding hydrogens is 342 g/mol. The summed E-state index contributed by atoms with van der Waals surface area (Å²) in [4.78, 5) is 14.9. The second kappa shape index (κ2) is 6.37. The van der Waals surface area contributed by atoms with Crippen molar-refractivity contribution in [1.82, 2.24) is 4.98 Å². The molecule has 1 aromatic heterocycles. The number of anilines is 1. The molecule has 0 amide bonds. The fourth-order valence-corrected chi connectivity index (χ4v) is 4.04. The van der Waals surface area contributed by atoms with Gasteiger partial charge in [0.05, 0.1) is 16.5 Å². The third-order valence-electron chi connectivity index (χ3n) is 3.77. The molecule has 2 heterocycles. The molecule has 3 rings (SSSR count). The molecule has 1 aliphatic rings. The first-order chi connectivity index (χ1) is 11.9. The Morgan fingerprint density at radius 1 is 1.32 bits per heavy atom. The first kappa shape index (κ1) is 16.7. The summed E-state index contributed by atoms with van der Waals surface area (Å²) in [6.45, 7) is 0.261. The summed E-state index contributed by atoms with van der Waals surface area (Å²) in [5, 5.41) is 17.5. The van der Waals surface area contributed by atoms with Gasteiger partial charge in [-0.15, -0.1) is 0 Å². The smallest absolute Gasteiger partial charge is 0.328 e. The van der Waals surface area contributed by atoms with E-state index in [0.717, 1.165) is 11.6 Å². The first-order valence-corrected chi connectivity index (χ1v) is 8.78. The average molecular weight is 355 g/mol. The molecule has 0 bridgehead atoms. The SMILES string of the molecule is N#Cc1ccc(S(=O)(=O)N2CCc3cc(/C=C/C(=O)O)cnc32)cc1. The van der Waals surface area contributed by atoms with E-state index < -0.39 is 16.0 Å². The maximum absolute atomic E-state index is 12.8. The minimum atomic E-state index is -3.77. The Morgan fingerprint density at radius 2 is 2.04 bits per heavy atom. The number of sulfonamides is 1. The number of carboxylic acids is 1. The minimum absolute atomic E-state index is 0.0935. The average Bonchev–Trinajstić information content (AvgIpc) is 3.04. The third kappa shape index (κ3) is 3.22. The van der Waals surface area contributed by atoms with Crippen molar-refractivity contribution in [2.45, 2.75) is 11.3 Å². The van der Waals surface area contributed by atoms with Crippen molar-refractivity contribution in [2.24, 2.45) is 0 Å². The first-order valence-electron chi connectivity index (χ1n) is 7.34. The van der Waals surface area contributed by atoms with Gasteiger partial charge in [0.2, 0.25) is 0 Å². The summed E-state index contributed by atoms with van der Waals surface area (Å²) in [7, 11) is -3.77. The minimum Gasteiger partial charge on any atom is -0.478 e. The summed E-state index contributed by atoms with van der Waals surface area (Å²) in [5.74, 6) is -0.720. The van der Waals surface area contributed by atoms with Gasteiger partial charge in [-0.3, -0.25) is 0 Å². The molecule has 1 aromatic carbocycles. The number of aliphatic carboxylic acids is 1. The molecule has 0 aliphatic carbocycles. The van der Waals surface area contributed by atoms with Crippen molar-refractivity contribution in [1.29, 1.82) is 5.26 Å². The van der Waals surface area contributed by atoms with Gasteiger partial charge in [-0.2, -0.15) is 5.26 Å². The van der Waals surface area contributed by atoms with Crippen LogP contribution in [0.4, 0.5) is 5.82 Å². The zero-order valence-electron chi connectivity index (χ0n) is 13.0. The van der Waals surface area contributed by atoms with Gasteiger partial charge in [-0.25, -0.2) is 22.5 Å². The molecule has 0 atom stereocenters. The van der Waals surface area contributed by atoms with Gasteiger partial charge in [-0.05, 0) is 54.0 Å². The summed E-state index contributed by atoms with van der Waals surface area (Å²) >= 11 is 0. The van der Waals surface area contributed by atoms with E-state index in [1.807, 2.05) is 6.07 Å². The maximum atomic E-state index is 12.8. The van der Waals surface area contributed by atoms with Gasteiger partial charge in [0.25, 0.3) is 10.0 Å². The Kier molecular flexibility index (Phi) is 4.25. The second-order valence-corrected chi connectivity index (χ2v) is 7.25. The number of hydrogen-bond acceptors (Lipinski definition) is 5. The Bertz CT molecular complexity index is 1010. The molecule has 0 spiro atoms. The van der Waals surface area contributed by atoms with Crippen molar-refractivity contribution >= 4 is 27.9 Å². The topological polar surface area (TPSA) is 111 Å². The Hall–Kier alpha value is -3.18. The standard InChI is InChI=1S/C17H13N3O4S/c18-10-12-1-4-15(5-2-12)25(23,24)20-8-7-14-9-13(3-6-16(21)22)11-19-17(14)20/h1-6,9,11H,7-8H2,(H,21,22)/b6-3+. The highest BCUT2D eigenvalue weighted by Crippen LogP contribution is 2.31. The molecule has 2 aromatic rings. The van der Waals surface area contributed by atoms with E-state index in [4.69, 9.17) is 10.4 Å². The van der Waals surface area contributed by atoms with Crippen LogP contribution in [0.1, 0.15) is 16.7 Å². The van der Waals surface area contributed by atoms with Gasteiger partial charge in [-0.1, -0.05) is 0 Å². The van der Waals surface area contributed by atoms with Crippen LogP contribution in [0.15, 0.2) is 47.5 Å². The van der Waals surface area contributed by atoms with E-state index in [1.165, 1.54) is 40.8 Å². The lowest BCUT2D eigenvalue weighted by Crippen LogP contribution is -2.29. The molecular formula is C17H13N3O4S. The van der Waals surface area contributed by atoms with Gasteiger partial charge < -0.3 is 5.11 Å². The number of nitriles is 1. The fourth-order valence-electron chi connectivity index (χ4n) is 2.58. The van der Waals surface area contributed by atoms with Gasteiger partial charge in [0.1, 0.15) is 5.82 Å². The number of hydrogen-bond donors (Lipinski definition) is 1. The van der Waals surface area contributed by atoms with E-state index >= 15 is 0 Å². The van der Waals surface area contributed by atoms with Crippen LogP contribution in [-0.2, 0) is 21.2 Å². The van der Waals surface area contributed by atoms with E-state index in [-0.39, 0.29) is 11.4 Å². The molecule has 8 heteroatoms. The number of pyridine rings is 1. The predicted octanol–water partition coefficient (Wildman–Crippen LogP) is 1.80.